The summed E-state index contributed by atoms with van der Waals surface area (Å²) < 4.78 is 5.03. The molecule has 0 fully saturated rings. The number of para-hydroxylation sites is 1. The smallest absolute Gasteiger partial charge is 0.318 e. The lowest BCUT2D eigenvalue weighted by molar-refractivity contribution is -0.385. The minimum Gasteiger partial charge on any atom is -0.452 e. The molecule has 1 rings (SSSR count). The third-order valence-corrected chi connectivity index (χ3v) is 2.89. The lowest BCUT2D eigenvalue weighted by Gasteiger charge is -2.19. The highest BCUT2D eigenvalue weighted by Crippen LogP contribution is 2.19. The maximum absolute atomic E-state index is 12.0. The molecule has 9 heteroatoms. The van der Waals surface area contributed by atoms with Gasteiger partial charge < -0.3 is 10.5 Å². The number of urea groups is 1. The van der Waals surface area contributed by atoms with Crippen molar-refractivity contribution in [1.82, 2.24) is 5.32 Å². The number of nitrogens with one attached hydrogen (secondary N) is 1. The van der Waals surface area contributed by atoms with Gasteiger partial charge in [0.15, 0.2) is 6.10 Å². The van der Waals surface area contributed by atoms with Crippen molar-refractivity contribution in [3.05, 3.63) is 39.9 Å². The lowest BCUT2D eigenvalue weighted by atomic mass is 10.1. The van der Waals surface area contributed by atoms with Gasteiger partial charge in [-0.2, -0.15) is 0 Å². The van der Waals surface area contributed by atoms with Crippen molar-refractivity contribution >= 4 is 23.6 Å². The van der Waals surface area contributed by atoms with Gasteiger partial charge in [-0.3, -0.25) is 25.0 Å². The normalized spacial score (nSPS) is 11.6. The van der Waals surface area contributed by atoms with Crippen LogP contribution in [-0.4, -0.2) is 28.9 Å². The number of amides is 3. The first-order valence-electron chi connectivity index (χ1n) is 6.74. The molecular formula is C14H17N3O6. The van der Waals surface area contributed by atoms with Crippen LogP contribution in [-0.2, 0) is 20.7 Å². The molecular weight excluding hydrogens is 306 g/mol. The molecule has 0 spiro atoms. The molecule has 1 aromatic carbocycles. The van der Waals surface area contributed by atoms with E-state index in [1.807, 2.05) is 5.32 Å². The molecule has 1 atom stereocenters. The van der Waals surface area contributed by atoms with E-state index in [0.29, 0.717) is 0 Å². The number of ether oxygens (including phenoxy) is 1. The summed E-state index contributed by atoms with van der Waals surface area (Å²) in [5, 5.41) is 12.7. The molecule has 23 heavy (non-hydrogen) atoms. The summed E-state index contributed by atoms with van der Waals surface area (Å²) >= 11 is 0. The highest BCUT2D eigenvalue weighted by molar-refractivity contribution is 5.96. The molecule has 0 aliphatic rings. The number of esters is 1. The van der Waals surface area contributed by atoms with E-state index >= 15 is 0 Å². The molecule has 0 unspecified atom stereocenters. The molecule has 0 aliphatic carbocycles. The number of primary amides is 1. The fraction of sp³-hybridized carbons (Fsp3) is 0.357. The average Bonchev–Trinajstić information content (AvgIpc) is 2.43. The van der Waals surface area contributed by atoms with E-state index in [1.54, 1.807) is 19.9 Å². The third kappa shape index (κ3) is 5.38. The second-order valence-electron chi connectivity index (χ2n) is 5.07. The number of benzene rings is 1. The van der Waals surface area contributed by atoms with E-state index in [9.17, 15) is 24.5 Å². The van der Waals surface area contributed by atoms with Crippen LogP contribution in [0.4, 0.5) is 10.5 Å². The molecule has 0 aliphatic heterocycles. The summed E-state index contributed by atoms with van der Waals surface area (Å²) in [6.07, 6.45) is -1.60. The highest BCUT2D eigenvalue weighted by Gasteiger charge is 2.28. The third-order valence-electron chi connectivity index (χ3n) is 2.89. The Labute approximate surface area is 131 Å². The molecule has 0 aromatic heterocycles. The highest BCUT2D eigenvalue weighted by atomic mass is 16.6. The van der Waals surface area contributed by atoms with E-state index in [4.69, 9.17) is 10.5 Å². The summed E-state index contributed by atoms with van der Waals surface area (Å²) in [7, 11) is 0. The number of hydrogen-bond acceptors (Lipinski definition) is 6. The molecule has 0 saturated carbocycles. The van der Waals surface area contributed by atoms with E-state index in [1.165, 1.54) is 18.2 Å². The van der Waals surface area contributed by atoms with Crippen molar-refractivity contribution in [3.63, 3.8) is 0 Å². The van der Waals surface area contributed by atoms with Crippen molar-refractivity contribution < 1.29 is 24.0 Å². The van der Waals surface area contributed by atoms with Crippen LogP contribution < -0.4 is 11.1 Å². The molecule has 0 radical (unpaired) electrons. The molecule has 124 valence electrons. The monoisotopic (exact) mass is 323 g/mol. The molecule has 0 bridgehead atoms. The number of imide groups is 1. The Morgan fingerprint density at radius 1 is 1.30 bits per heavy atom. The predicted octanol–water partition coefficient (Wildman–Crippen LogP) is 0.900. The number of rotatable bonds is 6. The summed E-state index contributed by atoms with van der Waals surface area (Å²) in [6.45, 7) is 3.23. The molecule has 0 saturated heterocycles. The molecule has 3 amide bonds. The zero-order valence-corrected chi connectivity index (χ0v) is 12.6. The Bertz CT molecular complexity index is 629. The van der Waals surface area contributed by atoms with Gasteiger partial charge in [0, 0.05) is 11.6 Å². The zero-order valence-electron chi connectivity index (χ0n) is 12.6. The number of nitrogens with two attached hydrogens (primary N) is 1. The number of carbonyl (C=O) groups is 3. The van der Waals surface area contributed by atoms with Gasteiger partial charge in [0.25, 0.3) is 11.6 Å². The van der Waals surface area contributed by atoms with Gasteiger partial charge in [0.1, 0.15) is 0 Å². The molecule has 3 N–H and O–H groups in total. The average molecular weight is 323 g/mol. The van der Waals surface area contributed by atoms with E-state index in [2.05, 4.69) is 0 Å². The van der Waals surface area contributed by atoms with Crippen molar-refractivity contribution in [2.24, 2.45) is 11.7 Å². The number of nitrogens with zero attached hydrogens (tertiary/aromatic N) is 1. The number of hydrogen-bond donors (Lipinski definition) is 2. The summed E-state index contributed by atoms with van der Waals surface area (Å²) in [5.74, 6) is -2.08. The number of carbonyl (C=O) groups excluding carboxylic acids is 3. The Morgan fingerprint density at radius 3 is 2.43 bits per heavy atom. The Balaban J connectivity index is 2.83. The van der Waals surface area contributed by atoms with Crippen molar-refractivity contribution in [2.45, 2.75) is 26.4 Å². The largest absolute Gasteiger partial charge is 0.452 e. The van der Waals surface area contributed by atoms with Gasteiger partial charge in [-0.05, 0) is 5.92 Å². The topological polar surface area (TPSA) is 142 Å². The van der Waals surface area contributed by atoms with Crippen molar-refractivity contribution in [2.75, 3.05) is 0 Å². The number of nitro benzene ring substituents is 1. The summed E-state index contributed by atoms with van der Waals surface area (Å²) in [6, 6.07) is 4.66. The fourth-order valence-corrected chi connectivity index (χ4v) is 1.86. The summed E-state index contributed by atoms with van der Waals surface area (Å²) in [4.78, 5) is 44.7. The van der Waals surface area contributed by atoms with Gasteiger partial charge in [0.05, 0.1) is 11.3 Å². The quantitative estimate of drug-likeness (QED) is 0.452. The number of nitro groups is 1. The van der Waals surface area contributed by atoms with E-state index in [0.717, 1.165) is 0 Å². The molecule has 0 heterocycles. The Kier molecular flexibility index (Phi) is 6.19. The Morgan fingerprint density at radius 2 is 1.91 bits per heavy atom. The molecule has 9 nitrogen and oxygen atoms in total. The minimum atomic E-state index is -1.22. The van der Waals surface area contributed by atoms with E-state index in [-0.39, 0.29) is 17.7 Å². The van der Waals surface area contributed by atoms with Crippen LogP contribution in [0.5, 0.6) is 0 Å². The van der Waals surface area contributed by atoms with Crippen LogP contribution in [0.2, 0.25) is 0 Å². The Hall–Kier alpha value is -2.97. The first kappa shape index (κ1) is 18.1. The van der Waals surface area contributed by atoms with Crippen LogP contribution in [0.25, 0.3) is 0 Å². The van der Waals surface area contributed by atoms with Crippen LogP contribution in [0, 0.1) is 16.0 Å². The van der Waals surface area contributed by atoms with Gasteiger partial charge in [-0.25, -0.2) is 4.79 Å². The van der Waals surface area contributed by atoms with Crippen LogP contribution in [0.15, 0.2) is 24.3 Å². The first-order chi connectivity index (χ1) is 10.7. The maximum atomic E-state index is 12.0. The van der Waals surface area contributed by atoms with Gasteiger partial charge in [-0.15, -0.1) is 0 Å². The SMILES string of the molecule is CC(C)[C@H](OC(=O)Cc1ccccc1[N+](=O)[O-])C(=O)NC(N)=O. The van der Waals surface area contributed by atoms with Gasteiger partial charge in [-0.1, -0.05) is 32.0 Å². The van der Waals surface area contributed by atoms with Crippen molar-refractivity contribution in [3.8, 4) is 0 Å². The zero-order chi connectivity index (χ0) is 17.6. The van der Waals surface area contributed by atoms with Crippen LogP contribution >= 0.6 is 0 Å². The minimum absolute atomic E-state index is 0.167. The molecule has 1 aromatic rings. The van der Waals surface area contributed by atoms with E-state index < -0.39 is 34.9 Å². The second-order valence-corrected chi connectivity index (χ2v) is 5.07. The van der Waals surface area contributed by atoms with Crippen LogP contribution in [0.1, 0.15) is 19.4 Å². The summed E-state index contributed by atoms with van der Waals surface area (Å²) in [5.41, 5.74) is 4.80. The van der Waals surface area contributed by atoms with Crippen molar-refractivity contribution in [1.29, 1.82) is 0 Å². The standard InChI is InChI=1S/C14H17N3O6/c1-8(2)12(13(19)16-14(15)20)23-11(18)7-9-5-3-4-6-10(9)17(21)22/h3-6,8,12H,7H2,1-2H3,(H3,15,16,19,20)/t12-/m0/s1. The maximum Gasteiger partial charge on any atom is 0.318 e. The fourth-order valence-electron chi connectivity index (χ4n) is 1.86. The lowest BCUT2D eigenvalue weighted by Crippen LogP contribution is -2.45. The predicted molar refractivity (Wildman–Crippen MR) is 79.2 cm³/mol. The van der Waals surface area contributed by atoms with Gasteiger partial charge >= 0.3 is 12.0 Å². The van der Waals surface area contributed by atoms with Crippen LogP contribution in [0.3, 0.4) is 0 Å². The van der Waals surface area contributed by atoms with Gasteiger partial charge in [0.2, 0.25) is 0 Å². The first-order valence-corrected chi connectivity index (χ1v) is 6.74. The second kappa shape index (κ2) is 7.87.